The van der Waals surface area contributed by atoms with Crippen LogP contribution in [-0.2, 0) is 0 Å². The zero-order valence-electron chi connectivity index (χ0n) is 8.34. The van der Waals surface area contributed by atoms with Crippen LogP contribution in [0.5, 0.6) is 0 Å². The van der Waals surface area contributed by atoms with Crippen LogP contribution in [0.1, 0.15) is 5.56 Å². The summed E-state index contributed by atoms with van der Waals surface area (Å²) in [5, 5.41) is 1.56. The van der Waals surface area contributed by atoms with Gasteiger partial charge in [-0.1, -0.05) is 34.8 Å². The van der Waals surface area contributed by atoms with E-state index in [-0.39, 0.29) is 0 Å². The molecule has 0 spiro atoms. The number of benzene rings is 1. The topological polar surface area (TPSA) is 25.8 Å². The molecule has 2 rings (SSSR count). The predicted octanol–water partition coefficient (Wildman–Crippen LogP) is 4.41. The minimum Gasteiger partial charge on any atom is -0.236 e. The first-order valence-corrected chi connectivity index (χ1v) is 5.65. The van der Waals surface area contributed by atoms with Crippen LogP contribution < -0.4 is 0 Å². The summed E-state index contributed by atoms with van der Waals surface area (Å²) in [6.45, 7) is 1.85. The maximum atomic E-state index is 6.10. The molecule has 82 valence electrons. The second kappa shape index (κ2) is 4.58. The van der Waals surface area contributed by atoms with Crippen molar-refractivity contribution in [2.45, 2.75) is 6.92 Å². The van der Waals surface area contributed by atoms with E-state index in [2.05, 4.69) is 9.97 Å². The van der Waals surface area contributed by atoms with E-state index in [1.165, 1.54) is 6.33 Å². The van der Waals surface area contributed by atoms with Gasteiger partial charge >= 0.3 is 0 Å². The molecule has 16 heavy (non-hydrogen) atoms. The number of aromatic nitrogens is 2. The SMILES string of the molecule is Cc1c(Cl)ncnc1-c1ccc(Cl)cc1Cl. The second-order valence-corrected chi connectivity index (χ2v) is 4.46. The molecule has 2 aromatic rings. The second-order valence-electron chi connectivity index (χ2n) is 3.26. The van der Waals surface area contributed by atoms with Gasteiger partial charge in [-0.3, -0.25) is 0 Å². The molecule has 0 aliphatic carbocycles. The maximum absolute atomic E-state index is 6.10. The molecule has 2 nitrogen and oxygen atoms in total. The van der Waals surface area contributed by atoms with Crippen LogP contribution in [0.4, 0.5) is 0 Å². The van der Waals surface area contributed by atoms with Crippen molar-refractivity contribution >= 4 is 34.8 Å². The Bertz CT molecular complexity index is 541. The lowest BCUT2D eigenvalue weighted by atomic mass is 10.1. The van der Waals surface area contributed by atoms with Crippen molar-refractivity contribution in [2.24, 2.45) is 0 Å². The number of rotatable bonds is 1. The van der Waals surface area contributed by atoms with E-state index in [0.717, 1.165) is 16.8 Å². The van der Waals surface area contributed by atoms with Crippen LogP contribution in [0.2, 0.25) is 15.2 Å². The highest BCUT2D eigenvalue weighted by atomic mass is 35.5. The zero-order valence-corrected chi connectivity index (χ0v) is 10.6. The molecule has 0 saturated heterocycles. The Morgan fingerprint density at radius 2 is 1.81 bits per heavy atom. The minimum atomic E-state index is 0.427. The van der Waals surface area contributed by atoms with Crippen molar-refractivity contribution in [1.29, 1.82) is 0 Å². The van der Waals surface area contributed by atoms with E-state index in [4.69, 9.17) is 34.8 Å². The average molecular weight is 274 g/mol. The van der Waals surface area contributed by atoms with E-state index in [1.807, 2.05) is 13.0 Å². The highest BCUT2D eigenvalue weighted by Gasteiger charge is 2.10. The van der Waals surface area contributed by atoms with Gasteiger partial charge in [-0.25, -0.2) is 9.97 Å². The van der Waals surface area contributed by atoms with E-state index < -0.39 is 0 Å². The minimum absolute atomic E-state index is 0.427. The largest absolute Gasteiger partial charge is 0.236 e. The number of hydrogen-bond acceptors (Lipinski definition) is 2. The first-order valence-electron chi connectivity index (χ1n) is 4.52. The summed E-state index contributed by atoms with van der Waals surface area (Å²) < 4.78 is 0. The lowest BCUT2D eigenvalue weighted by Crippen LogP contribution is -1.92. The van der Waals surface area contributed by atoms with Crippen LogP contribution in [0.25, 0.3) is 11.3 Å². The summed E-state index contributed by atoms with van der Waals surface area (Å²) in [5.74, 6) is 0. The molecule has 0 radical (unpaired) electrons. The fourth-order valence-corrected chi connectivity index (χ4v) is 2.01. The molecule has 0 fully saturated rings. The van der Waals surface area contributed by atoms with Gasteiger partial charge < -0.3 is 0 Å². The van der Waals surface area contributed by atoms with Crippen molar-refractivity contribution in [3.63, 3.8) is 0 Å². The Morgan fingerprint density at radius 1 is 1.06 bits per heavy atom. The molecular formula is C11H7Cl3N2. The van der Waals surface area contributed by atoms with Crippen LogP contribution in [0.3, 0.4) is 0 Å². The van der Waals surface area contributed by atoms with Gasteiger partial charge in [0.05, 0.1) is 10.7 Å². The third-order valence-electron chi connectivity index (χ3n) is 2.21. The molecule has 0 aliphatic rings. The highest BCUT2D eigenvalue weighted by molar-refractivity contribution is 6.36. The Morgan fingerprint density at radius 3 is 2.50 bits per heavy atom. The van der Waals surface area contributed by atoms with Crippen molar-refractivity contribution in [3.05, 3.63) is 45.3 Å². The third-order valence-corrected chi connectivity index (χ3v) is 3.14. The Balaban J connectivity index is 2.63. The zero-order chi connectivity index (χ0) is 11.7. The Labute approximate surface area is 108 Å². The standard InChI is InChI=1S/C11H7Cl3N2/c1-6-10(15-5-16-11(6)14)8-3-2-7(12)4-9(8)13/h2-5H,1H3. The quantitative estimate of drug-likeness (QED) is 0.719. The van der Waals surface area contributed by atoms with Crippen molar-refractivity contribution in [3.8, 4) is 11.3 Å². The smallest absolute Gasteiger partial charge is 0.135 e. The maximum Gasteiger partial charge on any atom is 0.135 e. The van der Waals surface area contributed by atoms with E-state index in [0.29, 0.717) is 15.2 Å². The third kappa shape index (κ3) is 2.14. The average Bonchev–Trinajstić information content (AvgIpc) is 2.23. The molecule has 1 aromatic carbocycles. The molecule has 0 bridgehead atoms. The summed E-state index contributed by atoms with van der Waals surface area (Å²) in [6, 6.07) is 5.25. The van der Waals surface area contributed by atoms with Gasteiger partial charge in [0, 0.05) is 16.1 Å². The van der Waals surface area contributed by atoms with Crippen molar-refractivity contribution < 1.29 is 0 Å². The molecule has 1 aromatic heterocycles. The number of halogens is 3. The molecular weight excluding hydrogens is 266 g/mol. The van der Waals surface area contributed by atoms with Crippen LogP contribution >= 0.6 is 34.8 Å². The van der Waals surface area contributed by atoms with Gasteiger partial charge in [-0.15, -0.1) is 0 Å². The predicted molar refractivity (Wildman–Crippen MR) is 67.2 cm³/mol. The van der Waals surface area contributed by atoms with E-state index in [1.54, 1.807) is 12.1 Å². The summed E-state index contributed by atoms with van der Waals surface area (Å²) in [5.41, 5.74) is 2.32. The first-order chi connectivity index (χ1) is 7.59. The molecule has 5 heteroatoms. The molecule has 0 aliphatic heterocycles. The van der Waals surface area contributed by atoms with Crippen LogP contribution in [0, 0.1) is 6.92 Å². The molecule has 0 N–H and O–H groups in total. The van der Waals surface area contributed by atoms with Crippen molar-refractivity contribution in [2.75, 3.05) is 0 Å². The number of hydrogen-bond donors (Lipinski definition) is 0. The molecule has 0 unspecified atom stereocenters. The molecule has 0 amide bonds. The normalized spacial score (nSPS) is 10.5. The van der Waals surface area contributed by atoms with E-state index in [9.17, 15) is 0 Å². The van der Waals surface area contributed by atoms with Gasteiger partial charge in [-0.05, 0) is 25.1 Å². The molecule has 0 saturated carbocycles. The lowest BCUT2D eigenvalue weighted by Gasteiger charge is -2.07. The fourth-order valence-electron chi connectivity index (χ4n) is 1.38. The summed E-state index contributed by atoms with van der Waals surface area (Å²) in [4.78, 5) is 8.07. The number of nitrogens with zero attached hydrogens (tertiary/aromatic N) is 2. The Hall–Kier alpha value is -0.830. The summed E-state index contributed by atoms with van der Waals surface area (Å²) in [7, 11) is 0. The monoisotopic (exact) mass is 272 g/mol. The van der Waals surface area contributed by atoms with Gasteiger partial charge in [0.1, 0.15) is 11.5 Å². The van der Waals surface area contributed by atoms with Gasteiger partial charge in [0.2, 0.25) is 0 Å². The van der Waals surface area contributed by atoms with E-state index >= 15 is 0 Å². The fraction of sp³-hybridized carbons (Fsp3) is 0.0909. The van der Waals surface area contributed by atoms with Crippen molar-refractivity contribution in [1.82, 2.24) is 9.97 Å². The lowest BCUT2D eigenvalue weighted by molar-refractivity contribution is 1.13. The van der Waals surface area contributed by atoms with Gasteiger partial charge in [0.15, 0.2) is 0 Å². The molecule has 0 atom stereocenters. The summed E-state index contributed by atoms with van der Waals surface area (Å²) in [6.07, 6.45) is 1.41. The first kappa shape index (κ1) is 11.6. The van der Waals surface area contributed by atoms with Gasteiger partial charge in [0.25, 0.3) is 0 Å². The summed E-state index contributed by atoms with van der Waals surface area (Å²) >= 11 is 17.9. The molecule has 1 heterocycles. The van der Waals surface area contributed by atoms with Crippen LogP contribution in [-0.4, -0.2) is 9.97 Å². The van der Waals surface area contributed by atoms with Gasteiger partial charge in [-0.2, -0.15) is 0 Å². The van der Waals surface area contributed by atoms with Crippen LogP contribution in [0.15, 0.2) is 24.5 Å². The highest BCUT2D eigenvalue weighted by Crippen LogP contribution is 2.32. The Kier molecular flexibility index (Phi) is 3.33.